The summed E-state index contributed by atoms with van der Waals surface area (Å²) in [5.74, 6) is 1.06. The van der Waals surface area contributed by atoms with Crippen molar-refractivity contribution in [2.24, 2.45) is 7.05 Å². The quantitative estimate of drug-likeness (QED) is 0.352. The molecule has 4 aromatic rings. The van der Waals surface area contributed by atoms with Crippen LogP contribution in [0, 0.1) is 11.3 Å². The fourth-order valence-corrected chi connectivity index (χ4v) is 6.24. The first kappa shape index (κ1) is 23.4. The van der Waals surface area contributed by atoms with Crippen molar-refractivity contribution in [1.82, 2.24) is 19.9 Å². The molecule has 8 nitrogen and oxygen atoms in total. The molecule has 1 atom stereocenters. The van der Waals surface area contributed by atoms with Gasteiger partial charge in [0.1, 0.15) is 0 Å². The Hall–Kier alpha value is -3.79. The van der Waals surface area contributed by atoms with Gasteiger partial charge < -0.3 is 0 Å². The number of halogens is 1. The number of rotatable bonds is 7. The third-order valence-electron chi connectivity index (χ3n) is 4.90. The normalized spacial score (nSPS) is 11.3. The van der Waals surface area contributed by atoms with Crippen LogP contribution in [0.2, 0.25) is 5.02 Å². The van der Waals surface area contributed by atoms with Crippen molar-refractivity contribution in [3.63, 3.8) is 0 Å². The van der Waals surface area contributed by atoms with E-state index in [1.807, 2.05) is 42.0 Å². The molecule has 2 aromatic carbocycles. The van der Waals surface area contributed by atoms with E-state index in [0.717, 1.165) is 25.6 Å². The third kappa shape index (κ3) is 5.40. The van der Waals surface area contributed by atoms with Gasteiger partial charge in [0.05, 0.1) is 0 Å². The molecule has 0 spiro atoms. The molecular formula is C24H19AsClN5O3. The Balaban J connectivity index is 1.55. The van der Waals surface area contributed by atoms with Gasteiger partial charge >= 0.3 is 208 Å². The molecule has 0 radical (unpaired) electrons. The van der Waals surface area contributed by atoms with Gasteiger partial charge in [-0.2, -0.15) is 0 Å². The van der Waals surface area contributed by atoms with E-state index >= 15 is 0 Å². The monoisotopic (exact) mass is 535 g/mol. The van der Waals surface area contributed by atoms with Crippen molar-refractivity contribution in [2.75, 3.05) is 6.54 Å². The van der Waals surface area contributed by atoms with Crippen molar-refractivity contribution < 1.29 is 14.6 Å². The third-order valence-corrected chi connectivity index (χ3v) is 7.72. The molecule has 0 saturated heterocycles. The maximum atomic E-state index is 10.6. The standard InChI is InChI=1S/C24H19AsClN5O3/c1-31-17(5-3-9-28-24(32)33)12-20-22(31)23(30-14-29-20)25-16-7-8-21(19(26)11-16)34-18-6-2-4-15(10-18)13-27/h2-8,10-12,14,25,28H,9H2,1H3,(H,32,33)/b5-3+. The summed E-state index contributed by atoms with van der Waals surface area (Å²) in [4.78, 5) is 19.5. The number of benzene rings is 2. The average Bonchev–Trinajstić information content (AvgIpc) is 3.15. The molecule has 34 heavy (non-hydrogen) atoms. The molecule has 4 rings (SSSR count). The Morgan fingerprint density at radius 3 is 2.91 bits per heavy atom. The molecule has 2 heterocycles. The minimum absolute atomic E-state index is 0.219. The van der Waals surface area contributed by atoms with Crippen LogP contribution in [0.25, 0.3) is 17.1 Å². The zero-order chi connectivity index (χ0) is 24.1. The maximum absolute atomic E-state index is 10.6. The summed E-state index contributed by atoms with van der Waals surface area (Å²) in [6.07, 6.45) is 4.09. The van der Waals surface area contributed by atoms with Gasteiger partial charge in [-0.15, -0.1) is 0 Å². The van der Waals surface area contributed by atoms with Gasteiger partial charge in [-0.25, -0.2) is 0 Å². The van der Waals surface area contributed by atoms with Gasteiger partial charge in [-0.3, -0.25) is 0 Å². The van der Waals surface area contributed by atoms with Gasteiger partial charge in [0.25, 0.3) is 0 Å². The summed E-state index contributed by atoms with van der Waals surface area (Å²) in [5.41, 5.74) is 3.18. The summed E-state index contributed by atoms with van der Waals surface area (Å²) >= 11 is 5.67. The van der Waals surface area contributed by atoms with E-state index < -0.39 is 21.8 Å². The second kappa shape index (κ2) is 10.4. The number of fused-ring (bicyclic) bond motifs is 1. The van der Waals surface area contributed by atoms with Crippen molar-refractivity contribution in [1.29, 1.82) is 5.26 Å². The molecule has 170 valence electrons. The van der Waals surface area contributed by atoms with Crippen molar-refractivity contribution in [3.8, 4) is 17.6 Å². The van der Waals surface area contributed by atoms with E-state index in [1.54, 1.807) is 36.7 Å². The Kier molecular flexibility index (Phi) is 7.17. The summed E-state index contributed by atoms with van der Waals surface area (Å²) in [7, 11) is 1.94. The zero-order valence-corrected chi connectivity index (χ0v) is 20.8. The van der Waals surface area contributed by atoms with Crippen LogP contribution < -0.4 is 18.9 Å². The molecular weight excluding hydrogens is 517 g/mol. The Morgan fingerprint density at radius 2 is 2.15 bits per heavy atom. The topological polar surface area (TPSA) is 113 Å². The molecule has 0 fully saturated rings. The number of nitrogens with zero attached hydrogens (tertiary/aromatic N) is 4. The molecule has 10 heteroatoms. The number of carboxylic acid groups (broad SMARTS) is 1. The van der Waals surface area contributed by atoms with Crippen LogP contribution in [0.1, 0.15) is 11.3 Å². The number of hydrogen-bond acceptors (Lipinski definition) is 5. The van der Waals surface area contributed by atoms with Gasteiger partial charge in [0.2, 0.25) is 0 Å². The van der Waals surface area contributed by atoms with Crippen molar-refractivity contribution in [3.05, 3.63) is 77.2 Å². The summed E-state index contributed by atoms with van der Waals surface area (Å²) in [6.45, 7) is 0.219. The Morgan fingerprint density at radius 1 is 1.29 bits per heavy atom. The fraction of sp³-hybridized carbons (Fsp3) is 0.0833. The SMILES string of the molecule is Cn1c(/C=C/CNC(=O)O)cc2ncnc([AsH]c3ccc(Oc4cccc(C#N)c4)c(Cl)c3)c21. The van der Waals surface area contributed by atoms with Gasteiger partial charge in [-0.05, 0) is 0 Å². The first-order valence-electron chi connectivity index (χ1n) is 10.1. The zero-order valence-electron chi connectivity index (χ0n) is 18.0. The first-order chi connectivity index (χ1) is 16.4. The van der Waals surface area contributed by atoms with E-state index in [9.17, 15) is 4.79 Å². The number of nitrogens with one attached hydrogen (secondary N) is 1. The molecule has 0 bridgehead atoms. The van der Waals surface area contributed by atoms with E-state index in [-0.39, 0.29) is 6.54 Å². The molecule has 2 aromatic heterocycles. The van der Waals surface area contributed by atoms with E-state index in [4.69, 9.17) is 26.7 Å². The van der Waals surface area contributed by atoms with Crippen LogP contribution in [0.4, 0.5) is 4.79 Å². The van der Waals surface area contributed by atoms with Crippen LogP contribution in [-0.4, -0.2) is 48.0 Å². The van der Waals surface area contributed by atoms with E-state index in [0.29, 0.717) is 22.1 Å². The second-order valence-electron chi connectivity index (χ2n) is 7.18. The molecule has 1 amide bonds. The molecule has 2 N–H and O–H groups in total. The fourth-order valence-electron chi connectivity index (χ4n) is 3.33. The van der Waals surface area contributed by atoms with Crippen LogP contribution in [0.3, 0.4) is 0 Å². The number of aryl methyl sites for hydroxylation is 1. The molecule has 0 aliphatic rings. The Labute approximate surface area is 207 Å². The molecule has 0 aliphatic carbocycles. The predicted molar refractivity (Wildman–Crippen MR) is 133 cm³/mol. The Bertz CT molecular complexity index is 1440. The second-order valence-corrected chi connectivity index (χ2v) is 10.3. The summed E-state index contributed by atoms with van der Waals surface area (Å²) in [5, 5.41) is 20.5. The number of hydrogen-bond donors (Lipinski definition) is 2. The van der Waals surface area contributed by atoms with Crippen LogP contribution in [0.15, 0.2) is 60.9 Å². The van der Waals surface area contributed by atoms with Crippen LogP contribution in [-0.2, 0) is 7.05 Å². The minimum atomic E-state index is -1.06. The predicted octanol–water partition coefficient (Wildman–Crippen LogP) is 2.95. The average molecular weight is 536 g/mol. The number of amides is 1. The number of carbonyl (C=O) groups is 1. The molecule has 0 aliphatic heterocycles. The van der Waals surface area contributed by atoms with Gasteiger partial charge in [0, 0.05) is 0 Å². The number of aromatic nitrogens is 3. The van der Waals surface area contributed by atoms with E-state index in [1.165, 1.54) is 0 Å². The van der Waals surface area contributed by atoms with Crippen molar-refractivity contribution in [2.45, 2.75) is 0 Å². The first-order valence-corrected chi connectivity index (χ1v) is 12.6. The molecule has 0 saturated carbocycles. The van der Waals surface area contributed by atoms with E-state index in [2.05, 4.69) is 21.4 Å². The van der Waals surface area contributed by atoms with Crippen LogP contribution >= 0.6 is 11.6 Å². The summed E-state index contributed by atoms with van der Waals surface area (Å²) < 4.78 is 9.91. The van der Waals surface area contributed by atoms with Gasteiger partial charge in [-0.1, -0.05) is 0 Å². The van der Waals surface area contributed by atoms with Gasteiger partial charge in [0.15, 0.2) is 0 Å². The summed E-state index contributed by atoms with van der Waals surface area (Å²) in [6, 6.07) is 16.6. The molecule has 1 unspecified atom stereocenters. The number of nitriles is 1. The number of ether oxygens (including phenoxy) is 1. The van der Waals surface area contributed by atoms with Crippen molar-refractivity contribution >= 4 is 59.4 Å². The van der Waals surface area contributed by atoms with Crippen LogP contribution in [0.5, 0.6) is 11.5 Å².